The molecule has 0 saturated carbocycles. The largest absolute Gasteiger partial charge is 0.309 e. The van der Waals surface area contributed by atoms with Crippen molar-refractivity contribution in [2.45, 2.75) is 51.5 Å². The third-order valence-corrected chi connectivity index (χ3v) is 14.3. The van der Waals surface area contributed by atoms with Gasteiger partial charge in [0.15, 0.2) is 11.7 Å². The van der Waals surface area contributed by atoms with Crippen LogP contribution in [0.15, 0.2) is 158 Å². The first-order valence-electron chi connectivity index (χ1n) is 20.0. The summed E-state index contributed by atoms with van der Waals surface area (Å²) >= 11 is 1.83. The van der Waals surface area contributed by atoms with Crippen molar-refractivity contribution in [3.05, 3.63) is 174 Å². The Morgan fingerprint density at radius 2 is 1.32 bits per heavy atom. The number of nitrogens with zero attached hydrogens (tertiary/aromatic N) is 2. The average Bonchev–Trinajstić information content (AvgIpc) is 3.92. The number of para-hydroxylation sites is 1. The fourth-order valence-corrected chi connectivity index (χ4v) is 11.1. The van der Waals surface area contributed by atoms with Crippen LogP contribution in [0.4, 0.5) is 0 Å². The van der Waals surface area contributed by atoms with E-state index in [1.807, 2.05) is 11.3 Å². The smallest absolute Gasteiger partial charge is 0.214 e. The maximum absolute atomic E-state index is 4.76. The van der Waals surface area contributed by atoms with Crippen LogP contribution in [0.5, 0.6) is 0 Å². The molecule has 0 spiro atoms. The van der Waals surface area contributed by atoms with Crippen LogP contribution in [0.1, 0.15) is 57.2 Å². The Balaban J connectivity index is 1.05. The molecule has 4 heterocycles. The van der Waals surface area contributed by atoms with Crippen LogP contribution in [0, 0.1) is 0 Å². The minimum Gasteiger partial charge on any atom is -0.309 e. The summed E-state index contributed by atoms with van der Waals surface area (Å²) in [5.41, 5.74) is 17.7. The molecule has 56 heavy (non-hydrogen) atoms. The third-order valence-electron chi connectivity index (χ3n) is 13.3. The van der Waals surface area contributed by atoms with Gasteiger partial charge in [0, 0.05) is 56.6 Å². The van der Waals surface area contributed by atoms with Gasteiger partial charge in [-0.15, -0.1) is 11.3 Å². The highest BCUT2D eigenvalue weighted by Crippen LogP contribution is 2.51. The highest BCUT2D eigenvalue weighted by molar-refractivity contribution is 7.14. The van der Waals surface area contributed by atoms with Crippen LogP contribution >= 0.6 is 11.3 Å². The van der Waals surface area contributed by atoms with E-state index in [1.54, 1.807) is 0 Å². The quantitative estimate of drug-likeness (QED) is 0.155. The van der Waals surface area contributed by atoms with E-state index in [-0.39, 0.29) is 11.0 Å². The second-order valence-corrected chi connectivity index (χ2v) is 17.2. The first-order chi connectivity index (χ1) is 27.3. The molecule has 6 aromatic carbocycles. The molecule has 9 aromatic rings. The summed E-state index contributed by atoms with van der Waals surface area (Å²) in [5, 5.41) is 7.43. The molecule has 1 aliphatic carbocycles. The summed E-state index contributed by atoms with van der Waals surface area (Å²) < 4.78 is 4.98. The molecular formula is C53H43N2S+. The zero-order valence-electron chi connectivity index (χ0n) is 32.4. The van der Waals surface area contributed by atoms with E-state index in [1.165, 1.54) is 104 Å². The second-order valence-electron chi connectivity index (χ2n) is 16.3. The Morgan fingerprint density at radius 1 is 0.589 bits per heavy atom. The monoisotopic (exact) mass is 739 g/mol. The molecule has 0 N–H and O–H groups in total. The highest BCUT2D eigenvalue weighted by atomic mass is 32.1. The van der Waals surface area contributed by atoms with Gasteiger partial charge in [0.2, 0.25) is 5.69 Å². The van der Waals surface area contributed by atoms with Crippen molar-refractivity contribution < 1.29 is 4.57 Å². The van der Waals surface area contributed by atoms with Gasteiger partial charge in [-0.1, -0.05) is 113 Å². The minimum absolute atomic E-state index is 0.0655. The van der Waals surface area contributed by atoms with Crippen LogP contribution in [-0.2, 0) is 11.0 Å². The van der Waals surface area contributed by atoms with Gasteiger partial charge in [0.25, 0.3) is 0 Å². The number of hydrogen-bond acceptors (Lipinski definition) is 1. The van der Waals surface area contributed by atoms with Crippen molar-refractivity contribution in [2.24, 2.45) is 0 Å². The maximum Gasteiger partial charge on any atom is 0.214 e. The predicted octanol–water partition coefficient (Wildman–Crippen LogP) is 14.1. The molecular weight excluding hydrogens is 697 g/mol. The van der Waals surface area contributed by atoms with Crippen LogP contribution in [0.25, 0.3) is 87.8 Å². The van der Waals surface area contributed by atoms with Gasteiger partial charge in [-0.3, -0.25) is 0 Å². The van der Waals surface area contributed by atoms with Gasteiger partial charge in [-0.25, -0.2) is 0 Å². The molecule has 0 fully saturated rings. The number of rotatable bonds is 5. The molecule has 0 unspecified atom stereocenters. The first-order valence-corrected chi connectivity index (χ1v) is 20.8. The van der Waals surface area contributed by atoms with E-state index >= 15 is 0 Å². The van der Waals surface area contributed by atoms with Gasteiger partial charge in [0.05, 0.1) is 16.6 Å². The molecule has 2 aliphatic rings. The molecule has 2 nitrogen and oxygen atoms in total. The molecule has 1 aliphatic heterocycles. The van der Waals surface area contributed by atoms with E-state index in [0.29, 0.717) is 0 Å². The van der Waals surface area contributed by atoms with Gasteiger partial charge >= 0.3 is 0 Å². The van der Waals surface area contributed by atoms with Crippen molar-refractivity contribution in [1.82, 2.24) is 4.57 Å². The number of pyridine rings is 1. The van der Waals surface area contributed by atoms with E-state index in [0.717, 1.165) is 12.8 Å². The van der Waals surface area contributed by atoms with Crippen LogP contribution in [-0.4, -0.2) is 4.57 Å². The number of hydrogen-bond donors (Lipinski definition) is 0. The minimum atomic E-state index is -0.147. The van der Waals surface area contributed by atoms with Gasteiger partial charge in [-0.2, -0.15) is 4.57 Å². The molecule has 0 saturated heterocycles. The molecule has 0 radical (unpaired) electrons. The van der Waals surface area contributed by atoms with Crippen molar-refractivity contribution in [3.8, 4) is 49.6 Å². The Labute approximate surface area is 332 Å². The van der Waals surface area contributed by atoms with Crippen LogP contribution < -0.4 is 4.57 Å². The summed E-state index contributed by atoms with van der Waals surface area (Å²) in [6, 6.07) is 52.3. The Hall–Kier alpha value is -6.03. The Kier molecular flexibility index (Phi) is 7.13. The topological polar surface area (TPSA) is 8.81 Å². The third kappa shape index (κ3) is 4.52. The number of allylic oxidation sites excluding steroid dienone is 1. The highest BCUT2D eigenvalue weighted by Gasteiger charge is 2.47. The normalized spacial score (nSPS) is 14.9. The Morgan fingerprint density at radius 3 is 2.14 bits per heavy atom. The lowest BCUT2D eigenvalue weighted by molar-refractivity contribution is -0.740. The van der Waals surface area contributed by atoms with Crippen molar-refractivity contribution >= 4 is 49.5 Å². The number of benzene rings is 6. The second kappa shape index (κ2) is 12.0. The van der Waals surface area contributed by atoms with Crippen molar-refractivity contribution in [2.75, 3.05) is 0 Å². The van der Waals surface area contributed by atoms with Gasteiger partial charge < -0.3 is 4.57 Å². The summed E-state index contributed by atoms with van der Waals surface area (Å²) in [5.74, 6) is 0. The maximum atomic E-state index is 4.76. The lowest BCUT2D eigenvalue weighted by Crippen LogP contribution is -2.59. The van der Waals surface area contributed by atoms with Gasteiger partial charge in [0.1, 0.15) is 0 Å². The summed E-state index contributed by atoms with van der Waals surface area (Å²) in [6.45, 7) is 14.1. The fraction of sp³-hybridized carbons (Fsp3) is 0.151. The molecule has 0 atom stereocenters. The Bertz CT molecular complexity index is 3100. The van der Waals surface area contributed by atoms with E-state index in [2.05, 4.69) is 188 Å². The van der Waals surface area contributed by atoms with Crippen molar-refractivity contribution in [3.63, 3.8) is 0 Å². The SMILES string of the molecule is C=C1c2ccc(-c3cc(-c4ccc5c(c4)c4cc6c(cc4n5-c4ccccc4)C(C)(C)c4ccccc4-6)cs3)cc2-c2cc3ccccc3c[n+]2C1(CC)CC. The molecule has 3 heteroatoms. The zero-order chi connectivity index (χ0) is 37.9. The van der Waals surface area contributed by atoms with Crippen LogP contribution in [0.2, 0.25) is 0 Å². The van der Waals surface area contributed by atoms with Gasteiger partial charge in [-0.05, 0) is 110 Å². The molecule has 0 amide bonds. The molecule has 0 bridgehead atoms. The standard InChI is InChI=1S/C53H43N2S/c1-6-53(7-2)33(3)40-23-21-36(26-43(40)49-27-34-15-11-12-16-37(34)31-54(49)53)51-28-38(32-56-51)35-22-24-48-44(25-35)45-29-42-41-19-13-14-20-46(41)52(4,5)47(42)30-50(45)55(48)39-17-9-8-10-18-39/h8-32H,3,6-7H2,1-2,4-5H3/q+1. The number of fused-ring (bicyclic) bond motifs is 10. The van der Waals surface area contributed by atoms with E-state index in [9.17, 15) is 0 Å². The number of aromatic nitrogens is 2. The average molecular weight is 740 g/mol. The zero-order valence-corrected chi connectivity index (χ0v) is 33.2. The molecule has 11 rings (SSSR count). The summed E-state index contributed by atoms with van der Waals surface area (Å²) in [4.78, 5) is 1.27. The van der Waals surface area contributed by atoms with Crippen LogP contribution in [0.3, 0.4) is 0 Å². The lowest BCUT2D eigenvalue weighted by atomic mass is 9.75. The first kappa shape index (κ1) is 33.3. The fourth-order valence-electron chi connectivity index (χ4n) is 10.2. The van der Waals surface area contributed by atoms with E-state index < -0.39 is 0 Å². The van der Waals surface area contributed by atoms with Crippen molar-refractivity contribution in [1.29, 1.82) is 0 Å². The molecule has 270 valence electrons. The predicted molar refractivity (Wildman–Crippen MR) is 238 cm³/mol. The lowest BCUT2D eigenvalue weighted by Gasteiger charge is -2.35. The molecule has 3 aromatic heterocycles. The van der Waals surface area contributed by atoms with E-state index in [4.69, 9.17) is 6.58 Å². The summed E-state index contributed by atoms with van der Waals surface area (Å²) in [6.07, 6.45) is 4.35. The number of thiophene rings is 1. The summed E-state index contributed by atoms with van der Waals surface area (Å²) in [7, 11) is 0.